The van der Waals surface area contributed by atoms with Gasteiger partial charge in [-0.1, -0.05) is 62.4 Å². The van der Waals surface area contributed by atoms with Crippen LogP contribution in [0.2, 0.25) is 0 Å². The molecule has 2 heterocycles. The molecule has 2 aromatic carbocycles. The smallest absolute Gasteiger partial charge is 0.410 e. The average Bonchev–Trinajstić information content (AvgIpc) is 3.42. The summed E-state index contributed by atoms with van der Waals surface area (Å²) in [5, 5.41) is 5.66. The standard InChI is InChI=1S/C35H41N5O6/c1-21(2)28(38-31(42)22(3)39(7)34(45)46-35(4,5)6)33(44)40-27(20-24-16-13-19-36-30(24)40)32(43)37-26-18-12-11-17-25(26)29(41)23-14-9-8-10-15-23/h8-19,21-22,27-28H,20H2,1-7H3,(H,37,43)(H,38,42)/t22-,27-,28-/m0/s1. The van der Waals surface area contributed by atoms with Crippen LogP contribution in [0, 0.1) is 5.92 Å². The number of para-hydroxylation sites is 1. The number of pyridine rings is 1. The Morgan fingerprint density at radius 1 is 0.935 bits per heavy atom. The molecule has 0 unspecified atom stereocenters. The summed E-state index contributed by atoms with van der Waals surface area (Å²) < 4.78 is 5.39. The molecule has 3 aromatic rings. The van der Waals surface area contributed by atoms with Crippen molar-refractivity contribution in [3.05, 3.63) is 89.6 Å². The summed E-state index contributed by atoms with van der Waals surface area (Å²) in [6.07, 6.45) is 1.04. The van der Waals surface area contributed by atoms with Crippen LogP contribution in [0.15, 0.2) is 72.9 Å². The number of amides is 4. The van der Waals surface area contributed by atoms with Crippen molar-refractivity contribution in [2.45, 2.75) is 71.7 Å². The van der Waals surface area contributed by atoms with Crippen LogP contribution in [-0.2, 0) is 25.5 Å². The normalized spacial score (nSPS) is 15.4. The van der Waals surface area contributed by atoms with E-state index in [2.05, 4.69) is 15.6 Å². The predicted octanol–water partition coefficient (Wildman–Crippen LogP) is 4.61. The van der Waals surface area contributed by atoms with Crippen LogP contribution in [0.5, 0.6) is 0 Å². The third-order valence-electron chi connectivity index (χ3n) is 7.70. The average molecular weight is 628 g/mol. The highest BCUT2D eigenvalue weighted by Gasteiger charge is 2.43. The number of nitrogens with zero attached hydrogens (tertiary/aromatic N) is 3. The van der Waals surface area contributed by atoms with Crippen LogP contribution in [0.25, 0.3) is 0 Å². The molecule has 2 N–H and O–H groups in total. The van der Waals surface area contributed by atoms with Crippen molar-refractivity contribution in [1.82, 2.24) is 15.2 Å². The Morgan fingerprint density at radius 2 is 1.59 bits per heavy atom. The van der Waals surface area contributed by atoms with Gasteiger partial charge in [0, 0.05) is 30.8 Å². The minimum Gasteiger partial charge on any atom is -0.444 e. The van der Waals surface area contributed by atoms with Gasteiger partial charge in [0.05, 0.1) is 5.69 Å². The van der Waals surface area contributed by atoms with E-state index >= 15 is 0 Å². The molecule has 11 nitrogen and oxygen atoms in total. The van der Waals surface area contributed by atoms with Crippen LogP contribution in [0.3, 0.4) is 0 Å². The highest BCUT2D eigenvalue weighted by atomic mass is 16.6. The number of carbonyl (C=O) groups is 5. The number of ether oxygens (including phenoxy) is 1. The fourth-order valence-electron chi connectivity index (χ4n) is 5.08. The van der Waals surface area contributed by atoms with E-state index in [0.717, 1.165) is 0 Å². The maximum atomic E-state index is 14.3. The summed E-state index contributed by atoms with van der Waals surface area (Å²) in [6, 6.07) is 16.0. The summed E-state index contributed by atoms with van der Waals surface area (Å²) in [5.74, 6) is -1.91. The molecule has 0 bridgehead atoms. The Morgan fingerprint density at radius 3 is 2.24 bits per heavy atom. The second-order valence-electron chi connectivity index (χ2n) is 12.6. The number of hydrogen-bond donors (Lipinski definition) is 2. The van der Waals surface area contributed by atoms with Gasteiger partial charge in [-0.25, -0.2) is 9.78 Å². The fourth-order valence-corrected chi connectivity index (χ4v) is 5.08. The van der Waals surface area contributed by atoms with Crippen molar-refractivity contribution in [1.29, 1.82) is 0 Å². The van der Waals surface area contributed by atoms with Gasteiger partial charge in [0.2, 0.25) is 11.8 Å². The van der Waals surface area contributed by atoms with E-state index in [9.17, 15) is 24.0 Å². The Kier molecular flexibility index (Phi) is 10.2. The van der Waals surface area contributed by atoms with Gasteiger partial charge in [0.25, 0.3) is 5.91 Å². The highest BCUT2D eigenvalue weighted by molar-refractivity contribution is 6.15. The van der Waals surface area contributed by atoms with Gasteiger partial charge in [-0.05, 0) is 57.4 Å². The van der Waals surface area contributed by atoms with Crippen LogP contribution >= 0.6 is 0 Å². The van der Waals surface area contributed by atoms with Gasteiger partial charge in [-0.2, -0.15) is 0 Å². The van der Waals surface area contributed by atoms with Crippen molar-refractivity contribution in [2.24, 2.45) is 5.92 Å². The van der Waals surface area contributed by atoms with E-state index < -0.39 is 47.5 Å². The molecule has 0 saturated carbocycles. The summed E-state index contributed by atoms with van der Waals surface area (Å²) >= 11 is 0. The first kappa shape index (κ1) is 33.8. The molecule has 1 aliphatic rings. The molecule has 3 atom stereocenters. The molecule has 11 heteroatoms. The minimum atomic E-state index is -1.04. The van der Waals surface area contributed by atoms with E-state index in [1.54, 1.807) is 95.3 Å². The van der Waals surface area contributed by atoms with Crippen LogP contribution in [0.1, 0.15) is 63.0 Å². The molecule has 46 heavy (non-hydrogen) atoms. The summed E-state index contributed by atoms with van der Waals surface area (Å²) in [5.41, 5.74) is 1.03. The van der Waals surface area contributed by atoms with Crippen molar-refractivity contribution >= 4 is 41.1 Å². The number of aromatic nitrogens is 1. The first-order valence-corrected chi connectivity index (χ1v) is 15.2. The Bertz CT molecular complexity index is 1620. The zero-order valence-electron chi connectivity index (χ0n) is 27.2. The van der Waals surface area contributed by atoms with Crippen molar-refractivity contribution in [2.75, 3.05) is 17.3 Å². The molecule has 242 valence electrons. The van der Waals surface area contributed by atoms with Gasteiger partial charge in [-0.15, -0.1) is 0 Å². The maximum absolute atomic E-state index is 14.3. The molecular weight excluding hydrogens is 586 g/mol. The number of rotatable bonds is 9. The number of benzene rings is 2. The molecular formula is C35H41N5O6. The zero-order valence-corrected chi connectivity index (χ0v) is 27.2. The number of carbonyl (C=O) groups excluding carboxylic acids is 5. The van der Waals surface area contributed by atoms with Crippen LogP contribution in [-0.4, -0.2) is 70.3 Å². The molecule has 1 aromatic heterocycles. The van der Waals surface area contributed by atoms with Crippen molar-refractivity contribution in [3.63, 3.8) is 0 Å². The predicted molar refractivity (Wildman–Crippen MR) is 174 cm³/mol. The number of anilines is 2. The fraction of sp³-hybridized carbons (Fsp3) is 0.371. The number of ketones is 1. The van der Waals surface area contributed by atoms with Crippen LogP contribution in [0.4, 0.5) is 16.3 Å². The molecule has 0 fully saturated rings. The lowest BCUT2D eigenvalue weighted by molar-refractivity contribution is -0.131. The summed E-state index contributed by atoms with van der Waals surface area (Å²) in [4.78, 5) is 74.3. The van der Waals surface area contributed by atoms with Gasteiger partial charge in [0.15, 0.2) is 5.78 Å². The van der Waals surface area contributed by atoms with E-state index in [-0.39, 0.29) is 18.1 Å². The lowest BCUT2D eigenvalue weighted by Gasteiger charge is -2.32. The SMILES string of the molecule is CC(C)[C@H](NC(=O)[C@H](C)N(C)C(=O)OC(C)(C)C)C(=O)N1c2ncccc2C[C@H]1C(=O)Nc1ccccc1C(=O)c1ccccc1. The molecule has 1 aliphatic heterocycles. The molecule has 0 saturated heterocycles. The van der Waals surface area contributed by atoms with Crippen molar-refractivity contribution < 1.29 is 28.7 Å². The molecule has 0 aliphatic carbocycles. The second-order valence-corrected chi connectivity index (χ2v) is 12.6. The van der Waals surface area contributed by atoms with Crippen LogP contribution < -0.4 is 15.5 Å². The monoisotopic (exact) mass is 627 g/mol. The third-order valence-corrected chi connectivity index (χ3v) is 7.70. The Balaban J connectivity index is 1.59. The van der Waals surface area contributed by atoms with Gasteiger partial charge < -0.3 is 15.4 Å². The van der Waals surface area contributed by atoms with E-state index in [1.165, 1.54) is 30.0 Å². The first-order valence-electron chi connectivity index (χ1n) is 15.2. The summed E-state index contributed by atoms with van der Waals surface area (Å²) in [6.45, 7) is 10.3. The molecule has 4 rings (SSSR count). The third kappa shape index (κ3) is 7.59. The van der Waals surface area contributed by atoms with E-state index in [4.69, 9.17) is 4.74 Å². The lowest BCUT2D eigenvalue weighted by Crippen LogP contribution is -2.58. The van der Waals surface area contributed by atoms with E-state index in [0.29, 0.717) is 28.2 Å². The van der Waals surface area contributed by atoms with Crippen molar-refractivity contribution in [3.8, 4) is 0 Å². The molecule has 4 amide bonds. The second kappa shape index (κ2) is 13.9. The first-order chi connectivity index (χ1) is 21.7. The Labute approximate surface area is 269 Å². The van der Waals surface area contributed by atoms with Gasteiger partial charge in [0.1, 0.15) is 29.5 Å². The van der Waals surface area contributed by atoms with Gasteiger partial charge in [-0.3, -0.25) is 29.0 Å². The lowest BCUT2D eigenvalue weighted by atomic mass is 10.0. The number of nitrogens with one attached hydrogen (secondary N) is 2. The number of likely N-dealkylation sites (N-methyl/N-ethyl adjacent to an activating group) is 1. The summed E-state index contributed by atoms with van der Waals surface area (Å²) in [7, 11) is 1.45. The topological polar surface area (TPSA) is 138 Å². The largest absolute Gasteiger partial charge is 0.444 e. The zero-order chi connectivity index (χ0) is 33.8. The number of fused-ring (bicyclic) bond motifs is 1. The molecule has 0 radical (unpaired) electrons. The highest BCUT2D eigenvalue weighted by Crippen LogP contribution is 2.32. The quantitative estimate of drug-likeness (QED) is 0.331. The number of hydrogen-bond acceptors (Lipinski definition) is 7. The van der Waals surface area contributed by atoms with E-state index in [1.807, 2.05) is 6.07 Å². The minimum absolute atomic E-state index is 0.187. The van der Waals surface area contributed by atoms with Gasteiger partial charge >= 0.3 is 6.09 Å². The maximum Gasteiger partial charge on any atom is 0.410 e. The Hall–Kier alpha value is -5.06. The molecule has 0 spiro atoms.